The third-order valence-electron chi connectivity index (χ3n) is 2.86. The Morgan fingerprint density at radius 3 is 2.78 bits per heavy atom. The fraction of sp³-hybridized carbons (Fsp3) is 0.833. The van der Waals surface area contributed by atoms with Crippen LogP contribution in [0.15, 0.2) is 0 Å². The van der Waals surface area contributed by atoms with E-state index in [-0.39, 0.29) is 18.4 Å². The highest BCUT2D eigenvalue weighted by atomic mass is 16.5. The Kier molecular flexibility index (Phi) is 5.55. The molecule has 1 fully saturated rings. The highest BCUT2D eigenvalue weighted by Gasteiger charge is 2.24. The maximum atomic E-state index is 11.8. The van der Waals surface area contributed by atoms with Crippen LogP contribution in [-0.2, 0) is 14.3 Å². The van der Waals surface area contributed by atoms with Crippen LogP contribution in [0, 0.1) is 0 Å². The molecule has 6 nitrogen and oxygen atoms in total. The summed E-state index contributed by atoms with van der Waals surface area (Å²) in [5, 5.41) is 14.6. The first kappa shape index (κ1) is 14.9. The van der Waals surface area contributed by atoms with Gasteiger partial charge < -0.3 is 20.5 Å². The lowest BCUT2D eigenvalue weighted by Gasteiger charge is -2.28. The second-order valence-electron chi connectivity index (χ2n) is 5.23. The first-order chi connectivity index (χ1) is 8.39. The molecule has 6 heteroatoms. The highest BCUT2D eigenvalue weighted by molar-refractivity contribution is 5.77. The van der Waals surface area contributed by atoms with Gasteiger partial charge in [0.2, 0.25) is 5.91 Å². The Balaban J connectivity index is 2.30. The first-order valence-corrected chi connectivity index (χ1v) is 6.24. The van der Waals surface area contributed by atoms with Crippen LogP contribution in [0.25, 0.3) is 0 Å². The summed E-state index contributed by atoms with van der Waals surface area (Å²) in [5.74, 6) is -0.948. The molecule has 1 unspecified atom stereocenters. The number of carbonyl (C=O) groups excluding carboxylic acids is 1. The van der Waals surface area contributed by atoms with E-state index in [0.717, 1.165) is 6.54 Å². The van der Waals surface area contributed by atoms with Crippen molar-refractivity contribution in [3.8, 4) is 0 Å². The number of ether oxygens (including phenoxy) is 1. The molecule has 3 N–H and O–H groups in total. The van der Waals surface area contributed by atoms with Gasteiger partial charge in [-0.05, 0) is 20.3 Å². The zero-order valence-corrected chi connectivity index (χ0v) is 11.0. The molecule has 0 radical (unpaired) electrons. The van der Waals surface area contributed by atoms with Crippen LogP contribution in [0.1, 0.15) is 33.1 Å². The van der Waals surface area contributed by atoms with Crippen LogP contribution in [0.3, 0.4) is 0 Å². The summed E-state index contributed by atoms with van der Waals surface area (Å²) in [5.41, 5.74) is -0.502. The van der Waals surface area contributed by atoms with Crippen LogP contribution in [0.4, 0.5) is 0 Å². The van der Waals surface area contributed by atoms with E-state index in [2.05, 4.69) is 10.6 Å². The van der Waals surface area contributed by atoms with E-state index in [1.54, 1.807) is 0 Å². The molecule has 18 heavy (non-hydrogen) atoms. The van der Waals surface area contributed by atoms with Gasteiger partial charge in [-0.25, -0.2) is 0 Å². The predicted octanol–water partition coefficient (Wildman–Crippen LogP) is 0.125. The second kappa shape index (κ2) is 6.70. The molecule has 0 bridgehead atoms. The van der Waals surface area contributed by atoms with Gasteiger partial charge in [0, 0.05) is 25.0 Å². The fourth-order valence-corrected chi connectivity index (χ4v) is 1.87. The minimum absolute atomic E-state index is 0.0504. The number of carboxylic acid groups (broad SMARTS) is 1. The van der Waals surface area contributed by atoms with E-state index in [0.29, 0.717) is 26.0 Å². The Labute approximate surface area is 107 Å². The van der Waals surface area contributed by atoms with E-state index in [4.69, 9.17) is 9.84 Å². The van der Waals surface area contributed by atoms with Gasteiger partial charge in [-0.2, -0.15) is 0 Å². The molecule has 0 aromatic carbocycles. The third kappa shape index (κ3) is 5.97. The lowest BCUT2D eigenvalue weighted by atomic mass is 9.98. The molecular weight excluding hydrogens is 236 g/mol. The van der Waals surface area contributed by atoms with Crippen molar-refractivity contribution in [3.63, 3.8) is 0 Å². The highest BCUT2D eigenvalue weighted by Crippen LogP contribution is 2.12. The fourth-order valence-electron chi connectivity index (χ4n) is 1.87. The molecule has 1 rings (SSSR count). The summed E-state index contributed by atoms with van der Waals surface area (Å²) in [4.78, 5) is 22.3. The van der Waals surface area contributed by atoms with Crippen molar-refractivity contribution in [2.45, 2.75) is 44.8 Å². The lowest BCUT2D eigenvalue weighted by molar-refractivity contribution is -0.138. The van der Waals surface area contributed by atoms with Crippen molar-refractivity contribution in [2.24, 2.45) is 0 Å². The summed E-state index contributed by atoms with van der Waals surface area (Å²) in [6, 6.07) is 0. The van der Waals surface area contributed by atoms with E-state index in [1.165, 1.54) is 0 Å². The first-order valence-electron chi connectivity index (χ1n) is 6.24. The van der Waals surface area contributed by atoms with E-state index in [9.17, 15) is 9.59 Å². The molecule has 0 aromatic heterocycles. The zero-order valence-electron chi connectivity index (χ0n) is 11.0. The summed E-state index contributed by atoms with van der Waals surface area (Å²) in [6.07, 6.45) is 0.685. The molecule has 0 aromatic rings. The number of amides is 1. The van der Waals surface area contributed by atoms with Gasteiger partial charge in [0.1, 0.15) is 0 Å². The Morgan fingerprint density at radius 1 is 1.50 bits per heavy atom. The van der Waals surface area contributed by atoms with Gasteiger partial charge in [0.25, 0.3) is 0 Å². The average Bonchev–Trinajstić information content (AvgIpc) is 2.27. The topological polar surface area (TPSA) is 87.7 Å². The minimum Gasteiger partial charge on any atom is -0.481 e. The second-order valence-corrected chi connectivity index (χ2v) is 5.23. The molecule has 1 amide bonds. The van der Waals surface area contributed by atoms with Crippen LogP contribution in [0.2, 0.25) is 0 Å². The molecule has 1 heterocycles. The number of carbonyl (C=O) groups is 2. The number of nitrogens with one attached hydrogen (secondary N) is 2. The summed E-state index contributed by atoms with van der Waals surface area (Å²) < 4.78 is 5.44. The summed E-state index contributed by atoms with van der Waals surface area (Å²) >= 11 is 0. The molecule has 0 spiro atoms. The van der Waals surface area contributed by atoms with Crippen LogP contribution in [-0.4, -0.2) is 48.3 Å². The van der Waals surface area contributed by atoms with E-state index in [1.807, 2.05) is 13.8 Å². The zero-order chi connectivity index (χ0) is 13.6. The number of hydrogen-bond donors (Lipinski definition) is 3. The van der Waals surface area contributed by atoms with Crippen molar-refractivity contribution in [1.82, 2.24) is 10.6 Å². The molecule has 0 saturated carbocycles. The van der Waals surface area contributed by atoms with E-state index < -0.39 is 11.5 Å². The molecule has 0 aliphatic carbocycles. The monoisotopic (exact) mass is 258 g/mol. The minimum atomic E-state index is -0.850. The van der Waals surface area contributed by atoms with Crippen molar-refractivity contribution < 1.29 is 19.4 Å². The van der Waals surface area contributed by atoms with E-state index >= 15 is 0 Å². The molecule has 104 valence electrons. The van der Waals surface area contributed by atoms with Gasteiger partial charge in [0.15, 0.2) is 0 Å². The molecule has 1 aliphatic heterocycles. The van der Waals surface area contributed by atoms with Gasteiger partial charge >= 0.3 is 5.97 Å². The van der Waals surface area contributed by atoms with Crippen molar-refractivity contribution in [1.29, 1.82) is 0 Å². The SMILES string of the molecule is CC(C)(CCC(=O)O)NC(=O)CC1CNCCO1. The lowest BCUT2D eigenvalue weighted by Crippen LogP contribution is -2.47. The maximum absolute atomic E-state index is 11.8. The maximum Gasteiger partial charge on any atom is 0.303 e. The van der Waals surface area contributed by atoms with Gasteiger partial charge in [-0.1, -0.05) is 0 Å². The molecule has 1 atom stereocenters. The van der Waals surface area contributed by atoms with Crippen LogP contribution in [0.5, 0.6) is 0 Å². The smallest absolute Gasteiger partial charge is 0.303 e. The van der Waals surface area contributed by atoms with Gasteiger partial charge in [0.05, 0.1) is 19.1 Å². The number of morpholine rings is 1. The number of rotatable bonds is 6. The third-order valence-corrected chi connectivity index (χ3v) is 2.86. The van der Waals surface area contributed by atoms with Crippen LogP contribution < -0.4 is 10.6 Å². The van der Waals surface area contributed by atoms with Crippen molar-refractivity contribution in [3.05, 3.63) is 0 Å². The Hall–Kier alpha value is -1.14. The number of carboxylic acids is 1. The quantitative estimate of drug-likeness (QED) is 0.630. The largest absolute Gasteiger partial charge is 0.481 e. The van der Waals surface area contributed by atoms with Gasteiger partial charge in [-0.15, -0.1) is 0 Å². The predicted molar refractivity (Wildman–Crippen MR) is 66.3 cm³/mol. The number of aliphatic carboxylic acids is 1. The average molecular weight is 258 g/mol. The van der Waals surface area contributed by atoms with Gasteiger partial charge in [-0.3, -0.25) is 9.59 Å². The Bertz CT molecular complexity index is 298. The summed E-state index contributed by atoms with van der Waals surface area (Å²) in [6.45, 7) is 5.78. The van der Waals surface area contributed by atoms with Crippen molar-refractivity contribution >= 4 is 11.9 Å². The summed E-state index contributed by atoms with van der Waals surface area (Å²) in [7, 11) is 0. The normalized spacial score (nSPS) is 20.4. The van der Waals surface area contributed by atoms with Crippen molar-refractivity contribution in [2.75, 3.05) is 19.7 Å². The molecule has 1 saturated heterocycles. The Morgan fingerprint density at radius 2 is 2.22 bits per heavy atom. The number of hydrogen-bond acceptors (Lipinski definition) is 4. The molecule has 1 aliphatic rings. The van der Waals surface area contributed by atoms with Crippen LogP contribution >= 0.6 is 0 Å². The molecular formula is C12H22N2O4. The standard InChI is InChI=1S/C12H22N2O4/c1-12(2,4-3-11(16)17)14-10(15)7-9-8-13-5-6-18-9/h9,13H,3-8H2,1-2H3,(H,14,15)(H,16,17).